The number of anilines is 1. The van der Waals surface area contributed by atoms with Gasteiger partial charge in [-0.3, -0.25) is 4.72 Å². The molecule has 0 aliphatic carbocycles. The second-order valence-electron chi connectivity index (χ2n) is 4.29. The molecule has 0 fully saturated rings. The number of hydrogen-bond acceptors (Lipinski definition) is 3. The maximum absolute atomic E-state index is 13.1. The quantitative estimate of drug-likeness (QED) is 0.741. The molecule has 1 aromatic rings. The molecule has 0 aliphatic heterocycles. The van der Waals surface area contributed by atoms with Crippen LogP contribution in [0.25, 0.3) is 0 Å². The molecule has 0 aliphatic rings. The third kappa shape index (κ3) is 5.08. The molecule has 0 aromatic heterocycles. The molecule has 7 heteroatoms. The van der Waals surface area contributed by atoms with Crippen molar-refractivity contribution in [1.29, 1.82) is 0 Å². The Hall–Kier alpha value is -0.660. The molecule has 2 N–H and O–H groups in total. The van der Waals surface area contributed by atoms with Crippen LogP contribution >= 0.6 is 15.9 Å². The monoisotopic (exact) mass is 352 g/mol. The van der Waals surface area contributed by atoms with Crippen molar-refractivity contribution in [3.05, 3.63) is 28.5 Å². The van der Waals surface area contributed by atoms with Crippen LogP contribution < -0.4 is 10.0 Å². The van der Waals surface area contributed by atoms with E-state index < -0.39 is 21.1 Å². The Morgan fingerprint density at radius 1 is 1.42 bits per heavy atom. The molecule has 0 radical (unpaired) electrons. The van der Waals surface area contributed by atoms with Gasteiger partial charge in [-0.25, -0.2) is 12.8 Å². The molecule has 0 heterocycles. The average Bonchev–Trinajstić information content (AvgIpc) is 2.33. The summed E-state index contributed by atoms with van der Waals surface area (Å²) in [5.74, 6) is -0.430. The number of halogens is 2. The van der Waals surface area contributed by atoms with E-state index >= 15 is 0 Å². The fourth-order valence-electron chi connectivity index (χ4n) is 1.42. The fraction of sp³-hybridized carbons (Fsp3) is 0.500. The molecule has 108 valence electrons. The summed E-state index contributed by atoms with van der Waals surface area (Å²) in [6.45, 7) is 4.80. The number of nitrogens with one attached hydrogen (secondary N) is 2. The molecule has 0 bridgehead atoms. The molecule has 0 saturated carbocycles. The first kappa shape index (κ1) is 16.4. The van der Waals surface area contributed by atoms with Crippen LogP contribution in [-0.4, -0.2) is 26.8 Å². The smallest absolute Gasteiger partial charge is 0.236 e. The molecule has 1 rings (SSSR count). The Morgan fingerprint density at radius 3 is 2.68 bits per heavy atom. The number of rotatable bonds is 7. The van der Waals surface area contributed by atoms with Crippen LogP contribution in [0.5, 0.6) is 0 Å². The second-order valence-corrected chi connectivity index (χ2v) is 7.24. The summed E-state index contributed by atoms with van der Waals surface area (Å²) < 4.78 is 39.8. The summed E-state index contributed by atoms with van der Waals surface area (Å²) in [6.07, 6.45) is 0.950. The third-order valence-electron chi connectivity index (χ3n) is 2.57. The standard InChI is InChI=1S/C12H18BrFN2O2S/c1-3-6-15-8-9(2)19(17,18)16-10-4-5-12(14)11(13)7-10/h4-5,7,9,15-16H,3,6,8H2,1-2H3. The Morgan fingerprint density at radius 2 is 2.11 bits per heavy atom. The molecule has 0 saturated heterocycles. The van der Waals surface area contributed by atoms with Gasteiger partial charge in [0.2, 0.25) is 10.0 Å². The van der Waals surface area contributed by atoms with Crippen LogP contribution in [0.1, 0.15) is 20.3 Å². The maximum atomic E-state index is 13.1. The van der Waals surface area contributed by atoms with Gasteiger partial charge in [0.1, 0.15) is 5.82 Å². The van der Waals surface area contributed by atoms with Crippen LogP contribution in [0.3, 0.4) is 0 Å². The molecule has 19 heavy (non-hydrogen) atoms. The zero-order valence-electron chi connectivity index (χ0n) is 10.9. The minimum absolute atomic E-state index is 0.226. The van der Waals surface area contributed by atoms with Gasteiger partial charge in [-0.2, -0.15) is 0 Å². The second kappa shape index (κ2) is 7.21. The number of benzene rings is 1. The molecule has 4 nitrogen and oxygen atoms in total. The normalized spacial score (nSPS) is 13.3. The summed E-state index contributed by atoms with van der Waals surface area (Å²) in [4.78, 5) is 0. The number of hydrogen-bond donors (Lipinski definition) is 2. The SMILES string of the molecule is CCCNCC(C)S(=O)(=O)Nc1ccc(F)c(Br)c1. The Labute approximate surface area is 122 Å². The topological polar surface area (TPSA) is 58.2 Å². The lowest BCUT2D eigenvalue weighted by Gasteiger charge is -2.15. The van der Waals surface area contributed by atoms with Gasteiger partial charge in [0, 0.05) is 12.2 Å². The predicted molar refractivity (Wildman–Crippen MR) is 79.3 cm³/mol. The van der Waals surface area contributed by atoms with Gasteiger partial charge in [0.05, 0.1) is 9.72 Å². The van der Waals surface area contributed by atoms with Crippen molar-refractivity contribution in [3.8, 4) is 0 Å². The van der Waals surface area contributed by atoms with Gasteiger partial charge in [-0.05, 0) is 54.0 Å². The Bertz CT molecular complexity index is 522. The molecule has 0 amide bonds. The molecular formula is C12H18BrFN2O2S. The lowest BCUT2D eigenvalue weighted by Crippen LogP contribution is -2.35. The van der Waals surface area contributed by atoms with E-state index in [1.54, 1.807) is 6.92 Å². The Kier molecular flexibility index (Phi) is 6.22. The van der Waals surface area contributed by atoms with Gasteiger partial charge in [-0.1, -0.05) is 6.92 Å². The van der Waals surface area contributed by atoms with Crippen LogP contribution in [0.15, 0.2) is 22.7 Å². The van der Waals surface area contributed by atoms with Crippen LogP contribution in [0.4, 0.5) is 10.1 Å². The summed E-state index contributed by atoms with van der Waals surface area (Å²) in [6, 6.07) is 4.00. The van der Waals surface area contributed by atoms with Gasteiger partial charge in [0.15, 0.2) is 0 Å². The van der Waals surface area contributed by atoms with Crippen LogP contribution in [0.2, 0.25) is 0 Å². The van der Waals surface area contributed by atoms with Crippen LogP contribution in [0, 0.1) is 5.82 Å². The Balaban J connectivity index is 2.70. The van der Waals surface area contributed by atoms with Gasteiger partial charge in [-0.15, -0.1) is 0 Å². The highest BCUT2D eigenvalue weighted by atomic mass is 79.9. The minimum Gasteiger partial charge on any atom is -0.315 e. The van der Waals surface area contributed by atoms with Crippen molar-refractivity contribution in [1.82, 2.24) is 5.32 Å². The van der Waals surface area contributed by atoms with Gasteiger partial charge in [0.25, 0.3) is 0 Å². The van der Waals surface area contributed by atoms with Gasteiger partial charge >= 0.3 is 0 Å². The largest absolute Gasteiger partial charge is 0.315 e. The van der Waals surface area contributed by atoms with Crippen molar-refractivity contribution in [2.75, 3.05) is 17.8 Å². The van der Waals surface area contributed by atoms with E-state index in [2.05, 4.69) is 26.0 Å². The van der Waals surface area contributed by atoms with Crippen LogP contribution in [-0.2, 0) is 10.0 Å². The summed E-state index contributed by atoms with van der Waals surface area (Å²) in [5.41, 5.74) is 0.343. The maximum Gasteiger partial charge on any atom is 0.236 e. The first-order valence-corrected chi connectivity index (χ1v) is 8.38. The average molecular weight is 353 g/mol. The van der Waals surface area contributed by atoms with E-state index in [0.29, 0.717) is 12.2 Å². The van der Waals surface area contributed by atoms with Crippen molar-refractivity contribution < 1.29 is 12.8 Å². The lowest BCUT2D eigenvalue weighted by atomic mass is 10.3. The summed E-state index contributed by atoms with van der Waals surface area (Å²) >= 11 is 3.02. The van der Waals surface area contributed by atoms with E-state index in [-0.39, 0.29) is 4.47 Å². The van der Waals surface area contributed by atoms with E-state index in [4.69, 9.17) is 0 Å². The van der Waals surface area contributed by atoms with Crippen molar-refractivity contribution >= 4 is 31.6 Å². The van der Waals surface area contributed by atoms with Crippen molar-refractivity contribution in [2.24, 2.45) is 0 Å². The fourth-order valence-corrected chi connectivity index (χ4v) is 2.79. The third-order valence-corrected chi connectivity index (χ3v) is 4.92. The van der Waals surface area contributed by atoms with Crippen molar-refractivity contribution in [3.63, 3.8) is 0 Å². The molecule has 1 atom stereocenters. The van der Waals surface area contributed by atoms with Crippen molar-refractivity contribution in [2.45, 2.75) is 25.5 Å². The van der Waals surface area contributed by atoms with E-state index in [1.807, 2.05) is 6.92 Å². The van der Waals surface area contributed by atoms with E-state index in [1.165, 1.54) is 18.2 Å². The van der Waals surface area contributed by atoms with E-state index in [9.17, 15) is 12.8 Å². The lowest BCUT2D eigenvalue weighted by molar-refractivity contribution is 0.575. The van der Waals surface area contributed by atoms with Gasteiger partial charge < -0.3 is 5.32 Å². The molecular weight excluding hydrogens is 335 g/mol. The summed E-state index contributed by atoms with van der Waals surface area (Å²) in [5, 5.41) is 2.49. The molecule has 1 aromatic carbocycles. The molecule has 1 unspecified atom stereocenters. The van der Waals surface area contributed by atoms with E-state index in [0.717, 1.165) is 13.0 Å². The predicted octanol–water partition coefficient (Wildman–Crippen LogP) is 2.72. The zero-order valence-corrected chi connectivity index (χ0v) is 13.3. The molecule has 0 spiro atoms. The highest BCUT2D eigenvalue weighted by molar-refractivity contribution is 9.10. The first-order chi connectivity index (χ1) is 8.86. The first-order valence-electron chi connectivity index (χ1n) is 6.04. The highest BCUT2D eigenvalue weighted by Crippen LogP contribution is 2.21. The number of sulfonamides is 1. The minimum atomic E-state index is -3.48. The highest BCUT2D eigenvalue weighted by Gasteiger charge is 2.20. The summed E-state index contributed by atoms with van der Waals surface area (Å²) in [7, 11) is -3.48. The zero-order chi connectivity index (χ0) is 14.5.